The highest BCUT2D eigenvalue weighted by atomic mass is 32.2. The van der Waals surface area contributed by atoms with Gasteiger partial charge >= 0.3 is 0 Å². The summed E-state index contributed by atoms with van der Waals surface area (Å²) in [6.07, 6.45) is 3.44. The van der Waals surface area contributed by atoms with Crippen molar-refractivity contribution in [3.8, 4) is 0 Å². The summed E-state index contributed by atoms with van der Waals surface area (Å²) in [6.45, 7) is 3.81. The number of rotatable bonds is 7. The summed E-state index contributed by atoms with van der Waals surface area (Å²) in [5, 5.41) is 0. The Morgan fingerprint density at radius 2 is 1.86 bits per heavy atom. The van der Waals surface area contributed by atoms with Crippen molar-refractivity contribution < 1.29 is 8.42 Å². The quantitative estimate of drug-likeness (QED) is 0.753. The zero-order chi connectivity index (χ0) is 20.1. The van der Waals surface area contributed by atoms with E-state index in [2.05, 4.69) is 24.6 Å². The molecule has 1 aliphatic heterocycles. The normalized spacial score (nSPS) is 14.9. The van der Waals surface area contributed by atoms with Gasteiger partial charge in [0.15, 0.2) is 5.82 Å². The van der Waals surface area contributed by atoms with Crippen LogP contribution in [0.4, 0.5) is 11.9 Å². The molecule has 2 aromatic rings. The van der Waals surface area contributed by atoms with E-state index >= 15 is 0 Å². The molecule has 2 heterocycles. The highest BCUT2D eigenvalue weighted by Gasteiger charge is 2.18. The van der Waals surface area contributed by atoms with Crippen molar-refractivity contribution in [3.05, 3.63) is 41.2 Å². The number of hydrogen-bond donors (Lipinski definition) is 1. The summed E-state index contributed by atoms with van der Waals surface area (Å²) in [5.41, 5.74) is 1.79. The average molecular weight is 405 g/mol. The molecule has 1 saturated heterocycles. The Bertz CT molecular complexity index is 910. The number of sulfonamides is 1. The largest absolute Gasteiger partial charge is 0.347 e. The fraction of sp³-hybridized carbons (Fsp3) is 0.526. The topological polar surface area (TPSA) is 91.3 Å². The van der Waals surface area contributed by atoms with Crippen LogP contribution in [0, 0.1) is 6.92 Å². The Morgan fingerprint density at radius 1 is 1.11 bits per heavy atom. The second-order valence-corrected chi connectivity index (χ2v) is 9.17. The highest BCUT2D eigenvalue weighted by Crippen LogP contribution is 2.18. The number of nitrogens with one attached hydrogen (secondary N) is 1. The van der Waals surface area contributed by atoms with Crippen molar-refractivity contribution in [2.24, 2.45) is 0 Å². The molecule has 0 aliphatic carbocycles. The standard InChI is InChI=1S/C19H28N6O2S/c1-15-8-7-9-16(12-15)14-28(26,27)20-13-17-21-18(24(2)3)23-19(22-17)25-10-5-4-6-11-25/h7-9,12,20H,4-6,10-11,13-14H2,1-3H3. The average Bonchev–Trinajstić information content (AvgIpc) is 2.66. The van der Waals surface area contributed by atoms with Crippen LogP contribution in [0.2, 0.25) is 0 Å². The molecule has 0 bridgehead atoms. The maximum atomic E-state index is 12.5. The van der Waals surface area contributed by atoms with E-state index in [0.717, 1.165) is 37.1 Å². The number of hydrogen-bond acceptors (Lipinski definition) is 7. The summed E-state index contributed by atoms with van der Waals surface area (Å²) in [7, 11) is 0.226. The lowest BCUT2D eigenvalue weighted by Gasteiger charge is -2.27. The molecule has 9 heteroatoms. The fourth-order valence-electron chi connectivity index (χ4n) is 3.16. The van der Waals surface area contributed by atoms with Gasteiger partial charge in [0.05, 0.1) is 12.3 Å². The number of benzene rings is 1. The third kappa shape index (κ3) is 5.62. The van der Waals surface area contributed by atoms with Gasteiger partial charge in [0, 0.05) is 27.2 Å². The molecule has 8 nitrogen and oxygen atoms in total. The molecule has 1 aliphatic rings. The summed E-state index contributed by atoms with van der Waals surface area (Å²) in [4.78, 5) is 17.4. The van der Waals surface area contributed by atoms with Crippen LogP contribution in [-0.2, 0) is 22.3 Å². The van der Waals surface area contributed by atoms with Crippen LogP contribution in [0.25, 0.3) is 0 Å². The molecule has 1 aromatic carbocycles. The van der Waals surface area contributed by atoms with Crippen molar-refractivity contribution >= 4 is 21.9 Å². The molecular formula is C19H28N6O2S. The third-order valence-corrected chi connectivity index (χ3v) is 5.88. The first-order valence-corrected chi connectivity index (χ1v) is 11.2. The zero-order valence-corrected chi connectivity index (χ0v) is 17.5. The minimum atomic E-state index is -3.50. The van der Waals surface area contributed by atoms with Gasteiger partial charge in [-0.25, -0.2) is 13.1 Å². The van der Waals surface area contributed by atoms with E-state index in [1.807, 2.05) is 45.3 Å². The van der Waals surface area contributed by atoms with Crippen molar-refractivity contribution in [1.29, 1.82) is 0 Å². The van der Waals surface area contributed by atoms with Crippen LogP contribution >= 0.6 is 0 Å². The van der Waals surface area contributed by atoms with Gasteiger partial charge < -0.3 is 9.80 Å². The Balaban J connectivity index is 1.74. The fourth-order valence-corrected chi connectivity index (χ4v) is 4.23. The predicted octanol–water partition coefficient (Wildman–Crippen LogP) is 1.86. The van der Waals surface area contributed by atoms with E-state index in [4.69, 9.17) is 0 Å². The Morgan fingerprint density at radius 3 is 2.54 bits per heavy atom. The van der Waals surface area contributed by atoms with Crippen LogP contribution < -0.4 is 14.5 Å². The Labute approximate surface area is 167 Å². The van der Waals surface area contributed by atoms with Crippen LogP contribution in [0.3, 0.4) is 0 Å². The van der Waals surface area contributed by atoms with Crippen LogP contribution in [0.1, 0.15) is 36.2 Å². The lowest BCUT2D eigenvalue weighted by Crippen LogP contribution is -2.33. The maximum absolute atomic E-state index is 12.5. The smallest absolute Gasteiger partial charge is 0.230 e. The summed E-state index contributed by atoms with van der Waals surface area (Å²) in [6, 6.07) is 7.49. The molecule has 0 radical (unpaired) electrons. The number of aryl methyl sites for hydroxylation is 1. The number of anilines is 2. The minimum absolute atomic E-state index is 0.0400. The molecule has 3 rings (SSSR count). The summed E-state index contributed by atoms with van der Waals surface area (Å²) in [5.74, 6) is 1.50. The lowest BCUT2D eigenvalue weighted by atomic mass is 10.1. The second-order valence-electron chi connectivity index (χ2n) is 7.36. The monoisotopic (exact) mass is 404 g/mol. The Kier molecular flexibility index (Phi) is 6.46. The molecule has 152 valence electrons. The molecule has 1 fully saturated rings. The third-order valence-electron chi connectivity index (χ3n) is 4.59. The van der Waals surface area contributed by atoms with E-state index < -0.39 is 10.0 Å². The van der Waals surface area contributed by atoms with Gasteiger partial charge in [0.2, 0.25) is 21.9 Å². The summed E-state index contributed by atoms with van der Waals surface area (Å²) < 4.78 is 27.6. The zero-order valence-electron chi connectivity index (χ0n) is 16.7. The first-order valence-electron chi connectivity index (χ1n) is 9.52. The van der Waals surface area contributed by atoms with Gasteiger partial charge in [-0.1, -0.05) is 29.8 Å². The SMILES string of the molecule is Cc1cccc(CS(=O)(=O)NCc2nc(N(C)C)nc(N3CCCCC3)n2)c1. The van der Waals surface area contributed by atoms with Crippen molar-refractivity contribution in [2.75, 3.05) is 37.0 Å². The van der Waals surface area contributed by atoms with E-state index in [1.165, 1.54) is 6.42 Å². The van der Waals surface area contributed by atoms with E-state index in [0.29, 0.717) is 17.7 Å². The van der Waals surface area contributed by atoms with Gasteiger partial charge in [-0.3, -0.25) is 0 Å². The van der Waals surface area contributed by atoms with E-state index in [-0.39, 0.29) is 12.3 Å². The van der Waals surface area contributed by atoms with Gasteiger partial charge in [0.25, 0.3) is 0 Å². The second kappa shape index (κ2) is 8.83. The molecular weight excluding hydrogens is 376 g/mol. The molecule has 0 spiro atoms. The van der Waals surface area contributed by atoms with Crippen LogP contribution in [-0.4, -0.2) is 50.6 Å². The molecule has 0 saturated carbocycles. The van der Waals surface area contributed by atoms with E-state index in [1.54, 1.807) is 4.90 Å². The molecule has 1 N–H and O–H groups in total. The summed E-state index contributed by atoms with van der Waals surface area (Å²) >= 11 is 0. The van der Waals surface area contributed by atoms with Gasteiger partial charge in [0.1, 0.15) is 0 Å². The first-order chi connectivity index (χ1) is 13.3. The van der Waals surface area contributed by atoms with Crippen LogP contribution in [0.5, 0.6) is 0 Å². The highest BCUT2D eigenvalue weighted by molar-refractivity contribution is 7.88. The number of aromatic nitrogens is 3. The minimum Gasteiger partial charge on any atom is -0.347 e. The number of nitrogens with zero attached hydrogens (tertiary/aromatic N) is 5. The predicted molar refractivity (Wildman–Crippen MR) is 111 cm³/mol. The molecule has 1 aromatic heterocycles. The van der Waals surface area contributed by atoms with Gasteiger partial charge in [-0.2, -0.15) is 15.0 Å². The van der Waals surface area contributed by atoms with Gasteiger partial charge in [-0.15, -0.1) is 0 Å². The van der Waals surface area contributed by atoms with Crippen molar-refractivity contribution in [3.63, 3.8) is 0 Å². The molecule has 0 unspecified atom stereocenters. The van der Waals surface area contributed by atoms with E-state index in [9.17, 15) is 8.42 Å². The first kappa shape index (κ1) is 20.5. The van der Waals surface area contributed by atoms with Crippen molar-refractivity contribution in [2.45, 2.75) is 38.5 Å². The van der Waals surface area contributed by atoms with Gasteiger partial charge in [-0.05, 0) is 31.7 Å². The molecule has 28 heavy (non-hydrogen) atoms. The molecule has 0 atom stereocenters. The van der Waals surface area contributed by atoms with Crippen molar-refractivity contribution in [1.82, 2.24) is 19.7 Å². The Hall–Kier alpha value is -2.26. The lowest BCUT2D eigenvalue weighted by molar-refractivity contribution is 0.563. The van der Waals surface area contributed by atoms with Crippen LogP contribution in [0.15, 0.2) is 24.3 Å². The molecule has 0 amide bonds. The number of piperidine rings is 1. The maximum Gasteiger partial charge on any atom is 0.230 e.